The summed E-state index contributed by atoms with van der Waals surface area (Å²) < 4.78 is 37.5. The lowest BCUT2D eigenvalue weighted by atomic mass is 9.78. The lowest BCUT2D eigenvalue weighted by Crippen LogP contribution is -2.42. The van der Waals surface area contributed by atoms with Crippen molar-refractivity contribution in [1.29, 1.82) is 0 Å². The molecule has 2 aliphatic rings. The molecule has 0 N–H and O–H groups in total. The summed E-state index contributed by atoms with van der Waals surface area (Å²) in [4.78, 5) is 12.1. The Kier molecular flexibility index (Phi) is 3.55. The van der Waals surface area contributed by atoms with Crippen LogP contribution in [0.4, 0.5) is 19.1 Å². The summed E-state index contributed by atoms with van der Waals surface area (Å²) in [6, 6.07) is 0. The lowest BCUT2D eigenvalue weighted by Gasteiger charge is -2.39. The Morgan fingerprint density at radius 3 is 2.10 bits per heavy atom. The molecule has 2 fully saturated rings. The van der Waals surface area contributed by atoms with E-state index in [1.165, 1.54) is 6.42 Å². The maximum atomic E-state index is 12.5. The molecular formula is C14H19F3N4. The highest BCUT2D eigenvalue weighted by molar-refractivity contribution is 5.31. The van der Waals surface area contributed by atoms with E-state index in [1.54, 1.807) is 0 Å². The zero-order chi connectivity index (χ0) is 15.1. The van der Waals surface area contributed by atoms with Crippen molar-refractivity contribution in [3.63, 3.8) is 0 Å². The number of hydrogen-bond donors (Lipinski definition) is 0. The molecule has 3 rings (SSSR count). The normalized spacial score (nSPS) is 23.0. The molecule has 7 heteroatoms. The van der Waals surface area contributed by atoms with E-state index in [0.717, 1.165) is 51.4 Å². The van der Waals surface area contributed by atoms with E-state index in [2.05, 4.69) is 21.9 Å². The molecular weight excluding hydrogens is 281 g/mol. The van der Waals surface area contributed by atoms with Gasteiger partial charge in [0.05, 0.1) is 5.56 Å². The van der Waals surface area contributed by atoms with Crippen LogP contribution in [0.1, 0.15) is 24.8 Å². The molecule has 0 atom stereocenters. The van der Waals surface area contributed by atoms with Crippen molar-refractivity contribution in [3.8, 4) is 0 Å². The predicted octanol–water partition coefficient (Wildman–Crippen LogP) is 2.42. The van der Waals surface area contributed by atoms with Crippen LogP contribution in [-0.2, 0) is 6.18 Å². The van der Waals surface area contributed by atoms with Gasteiger partial charge in [0.1, 0.15) is 0 Å². The molecule has 0 bridgehead atoms. The van der Waals surface area contributed by atoms with Crippen molar-refractivity contribution in [2.75, 3.05) is 38.1 Å². The Hall–Kier alpha value is -1.37. The highest BCUT2D eigenvalue weighted by Crippen LogP contribution is 2.40. The molecule has 4 nitrogen and oxygen atoms in total. The molecule has 0 amide bonds. The number of rotatable bonds is 1. The molecule has 0 saturated carbocycles. The first kappa shape index (κ1) is 14.6. The summed E-state index contributed by atoms with van der Waals surface area (Å²) in [5, 5.41) is 0. The summed E-state index contributed by atoms with van der Waals surface area (Å²) in [6.07, 6.45) is 0.694. The zero-order valence-corrected chi connectivity index (χ0v) is 12.0. The van der Waals surface area contributed by atoms with Gasteiger partial charge >= 0.3 is 6.18 Å². The van der Waals surface area contributed by atoms with Gasteiger partial charge in [-0.25, -0.2) is 9.97 Å². The Labute approximate surface area is 122 Å². The molecule has 116 valence electrons. The van der Waals surface area contributed by atoms with Crippen LogP contribution in [0.5, 0.6) is 0 Å². The topological polar surface area (TPSA) is 32.3 Å². The standard InChI is InChI=1S/C14H19F3N4/c1-20-5-2-13(10-20)3-6-21(7-4-13)12-18-8-11(9-19-12)14(15,16)17/h8-9H,2-7,10H2,1H3. The van der Waals surface area contributed by atoms with Crippen molar-refractivity contribution < 1.29 is 13.2 Å². The quantitative estimate of drug-likeness (QED) is 0.797. The molecule has 0 aromatic carbocycles. The third kappa shape index (κ3) is 2.97. The molecule has 3 heterocycles. The minimum Gasteiger partial charge on any atom is -0.341 e. The highest BCUT2D eigenvalue weighted by atomic mass is 19.4. The number of hydrogen-bond acceptors (Lipinski definition) is 4. The van der Waals surface area contributed by atoms with Crippen molar-refractivity contribution in [3.05, 3.63) is 18.0 Å². The molecule has 2 aliphatic heterocycles. The van der Waals surface area contributed by atoms with Gasteiger partial charge in [0.2, 0.25) is 5.95 Å². The smallest absolute Gasteiger partial charge is 0.341 e. The lowest BCUT2D eigenvalue weighted by molar-refractivity contribution is -0.138. The summed E-state index contributed by atoms with van der Waals surface area (Å²) in [5.74, 6) is 0.407. The Morgan fingerprint density at radius 2 is 1.62 bits per heavy atom. The Bertz CT molecular complexity index is 492. The third-order valence-corrected chi connectivity index (χ3v) is 4.70. The van der Waals surface area contributed by atoms with Gasteiger partial charge in [-0.2, -0.15) is 13.2 Å². The second kappa shape index (κ2) is 5.12. The van der Waals surface area contributed by atoms with Gasteiger partial charge in [-0.3, -0.25) is 0 Å². The van der Waals surface area contributed by atoms with Gasteiger partial charge in [-0.1, -0.05) is 0 Å². The van der Waals surface area contributed by atoms with Crippen LogP contribution >= 0.6 is 0 Å². The van der Waals surface area contributed by atoms with Gasteiger partial charge < -0.3 is 9.80 Å². The number of anilines is 1. The van der Waals surface area contributed by atoms with Gasteiger partial charge in [0.25, 0.3) is 0 Å². The van der Waals surface area contributed by atoms with Gasteiger partial charge in [-0.05, 0) is 38.3 Å². The van der Waals surface area contributed by atoms with E-state index >= 15 is 0 Å². The first-order valence-corrected chi connectivity index (χ1v) is 7.21. The molecule has 21 heavy (non-hydrogen) atoms. The van der Waals surface area contributed by atoms with Crippen molar-refractivity contribution in [1.82, 2.24) is 14.9 Å². The third-order valence-electron chi connectivity index (χ3n) is 4.70. The van der Waals surface area contributed by atoms with E-state index in [4.69, 9.17) is 0 Å². The van der Waals surface area contributed by atoms with E-state index in [9.17, 15) is 13.2 Å². The first-order chi connectivity index (χ1) is 9.88. The van der Waals surface area contributed by atoms with Crippen LogP contribution in [0, 0.1) is 5.41 Å². The maximum Gasteiger partial charge on any atom is 0.419 e. The number of piperidine rings is 1. The fourth-order valence-corrected chi connectivity index (χ4v) is 3.38. The van der Waals surface area contributed by atoms with Crippen molar-refractivity contribution in [2.45, 2.75) is 25.4 Å². The minimum absolute atomic E-state index is 0.386. The molecule has 1 aromatic rings. The average molecular weight is 300 g/mol. The van der Waals surface area contributed by atoms with Gasteiger partial charge in [0, 0.05) is 32.0 Å². The van der Waals surface area contributed by atoms with Crippen LogP contribution in [0.25, 0.3) is 0 Å². The summed E-state index contributed by atoms with van der Waals surface area (Å²) in [6.45, 7) is 3.89. The minimum atomic E-state index is -4.38. The van der Waals surface area contributed by atoms with Crippen molar-refractivity contribution >= 4 is 5.95 Å². The summed E-state index contributed by atoms with van der Waals surface area (Å²) in [5.41, 5.74) is -0.408. The molecule has 0 radical (unpaired) electrons. The van der Waals surface area contributed by atoms with Crippen LogP contribution in [0.15, 0.2) is 12.4 Å². The Morgan fingerprint density at radius 1 is 1.05 bits per heavy atom. The number of aromatic nitrogens is 2. The second-order valence-electron chi connectivity index (χ2n) is 6.24. The molecule has 1 aromatic heterocycles. The van der Waals surface area contributed by atoms with Crippen LogP contribution < -0.4 is 4.90 Å². The SMILES string of the molecule is CN1CCC2(CCN(c3ncc(C(F)(F)F)cn3)CC2)C1. The monoisotopic (exact) mass is 300 g/mol. The number of nitrogens with zero attached hydrogens (tertiary/aromatic N) is 4. The van der Waals surface area contributed by atoms with Gasteiger partial charge in [-0.15, -0.1) is 0 Å². The predicted molar refractivity (Wildman–Crippen MR) is 73.0 cm³/mol. The van der Waals surface area contributed by atoms with Crippen LogP contribution in [-0.4, -0.2) is 48.1 Å². The molecule has 0 unspecified atom stereocenters. The van der Waals surface area contributed by atoms with Crippen LogP contribution in [0.2, 0.25) is 0 Å². The fourth-order valence-electron chi connectivity index (χ4n) is 3.38. The number of likely N-dealkylation sites (tertiary alicyclic amines) is 1. The summed E-state index contributed by atoms with van der Waals surface area (Å²) >= 11 is 0. The van der Waals surface area contributed by atoms with Crippen molar-refractivity contribution in [2.24, 2.45) is 5.41 Å². The molecule has 2 saturated heterocycles. The zero-order valence-electron chi connectivity index (χ0n) is 12.0. The highest BCUT2D eigenvalue weighted by Gasteiger charge is 2.40. The van der Waals surface area contributed by atoms with E-state index in [-0.39, 0.29) is 0 Å². The maximum absolute atomic E-state index is 12.5. The average Bonchev–Trinajstić information content (AvgIpc) is 2.80. The summed E-state index contributed by atoms with van der Waals surface area (Å²) in [7, 11) is 2.14. The van der Waals surface area contributed by atoms with E-state index in [0.29, 0.717) is 11.4 Å². The largest absolute Gasteiger partial charge is 0.419 e. The van der Waals surface area contributed by atoms with Crippen LogP contribution in [0.3, 0.4) is 0 Å². The van der Waals surface area contributed by atoms with E-state index in [1.807, 2.05) is 4.90 Å². The fraction of sp³-hybridized carbons (Fsp3) is 0.714. The number of halogens is 3. The van der Waals surface area contributed by atoms with E-state index < -0.39 is 11.7 Å². The Balaban J connectivity index is 1.64. The first-order valence-electron chi connectivity index (χ1n) is 7.21. The van der Waals surface area contributed by atoms with Gasteiger partial charge in [0.15, 0.2) is 0 Å². The molecule has 0 aliphatic carbocycles. The second-order valence-corrected chi connectivity index (χ2v) is 6.24. The molecule has 1 spiro atoms. The number of alkyl halides is 3.